The lowest BCUT2D eigenvalue weighted by Crippen LogP contribution is -2.06. The molecule has 6 nitrogen and oxygen atoms in total. The van der Waals surface area contributed by atoms with Gasteiger partial charge in [0.1, 0.15) is 5.52 Å². The monoisotopic (exact) mass is 653 g/mol. The van der Waals surface area contributed by atoms with Crippen LogP contribution in [0.3, 0.4) is 0 Å². The van der Waals surface area contributed by atoms with Gasteiger partial charge in [0, 0.05) is 49.1 Å². The van der Waals surface area contributed by atoms with Gasteiger partial charge in [-0.15, -0.1) is 0 Å². The Balaban J connectivity index is 1.29. The van der Waals surface area contributed by atoms with E-state index >= 15 is 0 Å². The van der Waals surface area contributed by atoms with E-state index in [1.807, 2.05) is 60.7 Å². The summed E-state index contributed by atoms with van der Waals surface area (Å²) in [5.74, 6) is 1.75. The van der Waals surface area contributed by atoms with Crippen molar-refractivity contribution in [3.63, 3.8) is 0 Å². The van der Waals surface area contributed by atoms with E-state index in [2.05, 4.69) is 112 Å². The van der Waals surface area contributed by atoms with Crippen LogP contribution in [0.4, 0.5) is 0 Å². The van der Waals surface area contributed by atoms with Gasteiger partial charge in [-0.25, -0.2) is 4.98 Å². The number of rotatable bonds is 4. The minimum atomic E-state index is 0.533. The van der Waals surface area contributed by atoms with Crippen LogP contribution in [0.2, 0.25) is 0 Å². The summed E-state index contributed by atoms with van der Waals surface area (Å²) >= 11 is 0. The molecule has 0 fully saturated rings. The van der Waals surface area contributed by atoms with E-state index in [1.54, 1.807) is 0 Å². The summed E-state index contributed by atoms with van der Waals surface area (Å²) in [6.45, 7) is 0. The van der Waals surface area contributed by atoms with E-state index in [0.29, 0.717) is 17.6 Å². The average Bonchev–Trinajstić information content (AvgIpc) is 3.87. The zero-order chi connectivity index (χ0) is 33.5. The number of hydrogen-bond acceptors (Lipinski definition) is 4. The third-order valence-electron chi connectivity index (χ3n) is 9.98. The highest BCUT2D eigenvalue weighted by Crippen LogP contribution is 2.44. The average molecular weight is 654 g/mol. The Kier molecular flexibility index (Phi) is 5.86. The molecule has 0 aliphatic carbocycles. The van der Waals surface area contributed by atoms with Gasteiger partial charge in [-0.1, -0.05) is 127 Å². The van der Waals surface area contributed by atoms with E-state index in [9.17, 15) is 0 Å². The normalized spacial score (nSPS) is 11.9. The molecule has 238 valence electrons. The summed E-state index contributed by atoms with van der Waals surface area (Å²) in [6.07, 6.45) is 0. The zero-order valence-electron chi connectivity index (χ0n) is 27.2. The number of nitrogens with zero attached hydrogens (tertiary/aromatic N) is 5. The number of fused-ring (bicyclic) bond motifs is 11. The first kappa shape index (κ1) is 27.9. The van der Waals surface area contributed by atoms with Crippen molar-refractivity contribution in [2.45, 2.75) is 0 Å². The maximum absolute atomic E-state index is 7.18. The Hall–Kier alpha value is -7.05. The van der Waals surface area contributed by atoms with Gasteiger partial charge in [-0.2, -0.15) is 9.97 Å². The second-order valence-corrected chi connectivity index (χ2v) is 12.8. The second-order valence-electron chi connectivity index (χ2n) is 12.8. The highest BCUT2D eigenvalue weighted by Gasteiger charge is 2.24. The molecule has 0 amide bonds. The lowest BCUT2D eigenvalue weighted by molar-refractivity contribution is 0.673. The van der Waals surface area contributed by atoms with Gasteiger partial charge in [0.2, 0.25) is 5.95 Å². The topological polar surface area (TPSA) is 61.7 Å². The van der Waals surface area contributed by atoms with Gasteiger partial charge < -0.3 is 8.98 Å². The van der Waals surface area contributed by atoms with Crippen molar-refractivity contribution >= 4 is 65.6 Å². The highest BCUT2D eigenvalue weighted by atomic mass is 16.3. The van der Waals surface area contributed by atoms with Gasteiger partial charge >= 0.3 is 0 Å². The molecule has 0 bridgehead atoms. The van der Waals surface area contributed by atoms with Crippen LogP contribution in [-0.4, -0.2) is 24.1 Å². The Morgan fingerprint density at radius 2 is 0.784 bits per heavy atom. The van der Waals surface area contributed by atoms with Crippen LogP contribution < -0.4 is 0 Å². The first-order valence-corrected chi connectivity index (χ1v) is 17.0. The van der Waals surface area contributed by atoms with Crippen molar-refractivity contribution in [3.8, 4) is 34.4 Å². The minimum absolute atomic E-state index is 0.533. The summed E-state index contributed by atoms with van der Waals surface area (Å²) in [5, 5.41) is 6.59. The fourth-order valence-corrected chi connectivity index (χ4v) is 7.74. The van der Waals surface area contributed by atoms with Gasteiger partial charge in [0.05, 0.1) is 16.6 Å². The van der Waals surface area contributed by atoms with Gasteiger partial charge in [0.25, 0.3) is 0 Å². The van der Waals surface area contributed by atoms with Crippen LogP contribution in [-0.2, 0) is 0 Å². The van der Waals surface area contributed by atoms with E-state index in [4.69, 9.17) is 19.4 Å². The van der Waals surface area contributed by atoms with Crippen molar-refractivity contribution in [2.24, 2.45) is 0 Å². The van der Waals surface area contributed by atoms with Crippen LogP contribution in [0.5, 0.6) is 0 Å². The standard InChI is InChI=1S/C45H27N5O/c1-4-14-28(15-5-1)43-46-44(29-16-6-2-7-17-29)48-45(47-43)50-38-23-13-11-21-32(38)34-25-27-36-35-26-24-33-31-20-10-12-22-37(31)49(30-18-8-3-9-19-30)39(33)41(35)51-42(36)40(34)50/h1-27H. The zero-order valence-corrected chi connectivity index (χ0v) is 27.2. The predicted molar refractivity (Wildman–Crippen MR) is 207 cm³/mol. The molecule has 0 unspecified atom stereocenters. The Morgan fingerprint density at radius 3 is 1.33 bits per heavy atom. The summed E-state index contributed by atoms with van der Waals surface area (Å²) in [7, 11) is 0. The third-order valence-corrected chi connectivity index (χ3v) is 9.98. The van der Waals surface area contributed by atoms with Crippen molar-refractivity contribution in [1.29, 1.82) is 0 Å². The predicted octanol–water partition coefficient (Wildman–Crippen LogP) is 11.3. The van der Waals surface area contributed by atoms with Gasteiger partial charge in [-0.05, 0) is 36.4 Å². The van der Waals surface area contributed by atoms with Crippen LogP contribution >= 0.6 is 0 Å². The third kappa shape index (κ3) is 4.07. The lowest BCUT2D eigenvalue weighted by Gasteiger charge is -2.11. The van der Waals surface area contributed by atoms with Crippen LogP contribution in [0, 0.1) is 0 Å². The van der Waals surface area contributed by atoms with Crippen molar-refractivity contribution in [1.82, 2.24) is 24.1 Å². The van der Waals surface area contributed by atoms with E-state index in [1.165, 1.54) is 5.39 Å². The molecule has 4 aromatic heterocycles. The SMILES string of the molecule is c1ccc(-c2nc(-c3ccccc3)nc(-n3c4ccccc4c4ccc5c6ccc7c8ccccc8n(-c8ccccc8)c7c6oc5c43)n2)cc1. The summed E-state index contributed by atoms with van der Waals surface area (Å²) < 4.78 is 11.7. The molecule has 6 heteroatoms. The first-order chi connectivity index (χ1) is 25.3. The molecule has 11 aromatic rings. The maximum atomic E-state index is 7.18. The molecule has 0 saturated carbocycles. The fourth-order valence-electron chi connectivity index (χ4n) is 7.74. The quantitative estimate of drug-likeness (QED) is 0.190. The molecule has 0 spiro atoms. The van der Waals surface area contributed by atoms with Gasteiger partial charge in [-0.3, -0.25) is 4.57 Å². The first-order valence-electron chi connectivity index (χ1n) is 17.0. The number of furan rings is 1. The van der Waals surface area contributed by atoms with Crippen LogP contribution in [0.15, 0.2) is 168 Å². The molecule has 0 N–H and O–H groups in total. The molecule has 0 aliphatic rings. The Morgan fingerprint density at radius 1 is 0.353 bits per heavy atom. The molecule has 51 heavy (non-hydrogen) atoms. The summed E-state index contributed by atoms with van der Waals surface area (Å²) in [5.41, 5.74) is 8.66. The number of hydrogen-bond donors (Lipinski definition) is 0. The minimum Gasteiger partial charge on any atom is -0.452 e. The number of aromatic nitrogens is 5. The molecule has 11 rings (SSSR count). The maximum Gasteiger partial charge on any atom is 0.238 e. The van der Waals surface area contributed by atoms with Crippen molar-refractivity contribution in [3.05, 3.63) is 164 Å². The molecule has 0 aliphatic heterocycles. The fraction of sp³-hybridized carbons (Fsp3) is 0. The van der Waals surface area contributed by atoms with Crippen molar-refractivity contribution < 1.29 is 4.42 Å². The lowest BCUT2D eigenvalue weighted by atomic mass is 10.1. The van der Waals surface area contributed by atoms with E-state index in [-0.39, 0.29) is 0 Å². The van der Waals surface area contributed by atoms with E-state index < -0.39 is 0 Å². The van der Waals surface area contributed by atoms with E-state index in [0.717, 1.165) is 77.0 Å². The number of benzene rings is 7. The molecule has 0 saturated heterocycles. The van der Waals surface area contributed by atoms with Crippen molar-refractivity contribution in [2.75, 3.05) is 0 Å². The molecular weight excluding hydrogens is 627 g/mol. The Labute approximate surface area is 291 Å². The van der Waals surface area contributed by atoms with Gasteiger partial charge in [0.15, 0.2) is 22.8 Å². The molecule has 7 aromatic carbocycles. The second kappa shape index (κ2) is 10.7. The number of para-hydroxylation sites is 3. The molecule has 0 radical (unpaired) electrons. The summed E-state index contributed by atoms with van der Waals surface area (Å²) in [6, 6.07) is 56.5. The highest BCUT2D eigenvalue weighted by molar-refractivity contribution is 6.26. The molecule has 4 heterocycles. The van der Waals surface area contributed by atoms with Crippen LogP contribution in [0.1, 0.15) is 0 Å². The molecule has 0 atom stereocenters. The summed E-state index contributed by atoms with van der Waals surface area (Å²) in [4.78, 5) is 15.3. The largest absolute Gasteiger partial charge is 0.452 e. The molecular formula is C45H27N5O. The Bertz CT molecular complexity index is 3060. The van der Waals surface area contributed by atoms with Crippen LogP contribution in [0.25, 0.3) is 100.0 Å². The smallest absolute Gasteiger partial charge is 0.238 e.